The zero-order valence-corrected chi connectivity index (χ0v) is 7.09. The fourth-order valence-corrected chi connectivity index (χ4v) is 1.39. The van der Waals surface area contributed by atoms with Crippen LogP contribution in [0, 0.1) is 11.6 Å². The summed E-state index contributed by atoms with van der Waals surface area (Å²) >= 11 is 0. The minimum Gasteiger partial charge on any atom is -0.505 e. The Labute approximate surface area is 78.2 Å². The molecule has 76 valence electrons. The topological polar surface area (TPSA) is 60.7 Å². The third-order valence-electron chi connectivity index (χ3n) is 2.35. The molecular formula is C9H8F2O3. The molecule has 0 saturated heterocycles. The number of phenols is 2. The standard InChI is InChI=1S/C9H8F2O3/c10-7-4(12)3-5(13)8(11)6(7)9(14)1-2-9/h3,12-14H,1-2H2. The van der Waals surface area contributed by atoms with E-state index in [0.717, 1.165) is 0 Å². The number of benzene rings is 1. The maximum absolute atomic E-state index is 13.2. The maximum atomic E-state index is 13.2. The average Bonchev–Trinajstić information content (AvgIpc) is 2.81. The molecule has 1 fully saturated rings. The molecule has 0 aromatic heterocycles. The van der Waals surface area contributed by atoms with Crippen molar-refractivity contribution < 1.29 is 24.1 Å². The summed E-state index contributed by atoms with van der Waals surface area (Å²) in [5, 5.41) is 27.5. The minimum absolute atomic E-state index is 0.226. The molecule has 0 radical (unpaired) electrons. The summed E-state index contributed by atoms with van der Waals surface area (Å²) in [5.41, 5.74) is -2.21. The second-order valence-electron chi connectivity index (χ2n) is 3.45. The molecule has 3 nitrogen and oxygen atoms in total. The van der Waals surface area contributed by atoms with Crippen molar-refractivity contribution in [3.05, 3.63) is 23.3 Å². The van der Waals surface area contributed by atoms with Gasteiger partial charge >= 0.3 is 0 Å². The van der Waals surface area contributed by atoms with Crippen molar-refractivity contribution >= 4 is 0 Å². The molecule has 1 aliphatic carbocycles. The SMILES string of the molecule is Oc1cc(O)c(F)c(C2(O)CC2)c1F. The second kappa shape index (κ2) is 2.57. The van der Waals surface area contributed by atoms with Crippen LogP contribution in [0.1, 0.15) is 18.4 Å². The van der Waals surface area contributed by atoms with E-state index in [1.165, 1.54) is 0 Å². The predicted molar refractivity (Wildman–Crippen MR) is 42.8 cm³/mol. The molecule has 14 heavy (non-hydrogen) atoms. The van der Waals surface area contributed by atoms with E-state index in [4.69, 9.17) is 10.2 Å². The summed E-state index contributed by atoms with van der Waals surface area (Å²) in [6, 6.07) is 0.569. The Hall–Kier alpha value is -1.36. The van der Waals surface area contributed by atoms with E-state index in [1.54, 1.807) is 0 Å². The lowest BCUT2D eigenvalue weighted by molar-refractivity contribution is 0.139. The van der Waals surface area contributed by atoms with Gasteiger partial charge in [-0.3, -0.25) is 0 Å². The molecule has 1 aromatic carbocycles. The largest absolute Gasteiger partial charge is 0.505 e. The summed E-state index contributed by atoms with van der Waals surface area (Å²) in [4.78, 5) is 0. The molecule has 0 bridgehead atoms. The first-order valence-electron chi connectivity index (χ1n) is 4.08. The Balaban J connectivity index is 2.68. The Morgan fingerprint density at radius 1 is 1.07 bits per heavy atom. The highest BCUT2D eigenvalue weighted by Crippen LogP contribution is 2.49. The number of aromatic hydroxyl groups is 2. The first-order valence-corrected chi connectivity index (χ1v) is 4.08. The van der Waals surface area contributed by atoms with E-state index in [-0.39, 0.29) is 12.8 Å². The normalized spacial score (nSPS) is 18.2. The van der Waals surface area contributed by atoms with Gasteiger partial charge in [0.25, 0.3) is 0 Å². The Bertz CT molecular complexity index is 373. The van der Waals surface area contributed by atoms with Crippen LogP contribution >= 0.6 is 0 Å². The molecule has 0 aliphatic heterocycles. The van der Waals surface area contributed by atoms with Crippen LogP contribution in [0.2, 0.25) is 0 Å². The zero-order chi connectivity index (χ0) is 10.5. The van der Waals surface area contributed by atoms with E-state index in [1.807, 2.05) is 0 Å². The Kier molecular flexibility index (Phi) is 1.69. The Morgan fingerprint density at radius 3 is 1.86 bits per heavy atom. The van der Waals surface area contributed by atoms with Crippen LogP contribution in [0.25, 0.3) is 0 Å². The molecule has 5 heteroatoms. The third kappa shape index (κ3) is 1.13. The van der Waals surface area contributed by atoms with Gasteiger partial charge in [-0.2, -0.15) is 0 Å². The summed E-state index contributed by atoms with van der Waals surface area (Å²) in [5.74, 6) is -4.14. The molecule has 0 amide bonds. The highest BCUT2D eigenvalue weighted by atomic mass is 19.1. The third-order valence-corrected chi connectivity index (χ3v) is 2.35. The van der Waals surface area contributed by atoms with Crippen molar-refractivity contribution in [1.29, 1.82) is 0 Å². The van der Waals surface area contributed by atoms with Gasteiger partial charge in [0.1, 0.15) is 0 Å². The molecular weight excluding hydrogens is 194 g/mol. The fourth-order valence-electron chi connectivity index (χ4n) is 1.39. The maximum Gasteiger partial charge on any atom is 0.174 e. The van der Waals surface area contributed by atoms with Crippen molar-refractivity contribution in [3.63, 3.8) is 0 Å². The molecule has 0 unspecified atom stereocenters. The van der Waals surface area contributed by atoms with Gasteiger partial charge in [0, 0.05) is 6.07 Å². The lowest BCUT2D eigenvalue weighted by Gasteiger charge is -2.12. The summed E-state index contributed by atoms with van der Waals surface area (Å²) in [6.07, 6.45) is 0.452. The summed E-state index contributed by atoms with van der Waals surface area (Å²) in [6.45, 7) is 0. The monoisotopic (exact) mass is 202 g/mol. The van der Waals surface area contributed by atoms with Crippen molar-refractivity contribution in [2.75, 3.05) is 0 Å². The number of rotatable bonds is 1. The van der Waals surface area contributed by atoms with E-state index in [2.05, 4.69) is 0 Å². The Morgan fingerprint density at radius 2 is 1.50 bits per heavy atom. The fraction of sp³-hybridized carbons (Fsp3) is 0.333. The van der Waals surface area contributed by atoms with Crippen LogP contribution in [-0.4, -0.2) is 15.3 Å². The van der Waals surface area contributed by atoms with E-state index in [9.17, 15) is 13.9 Å². The lowest BCUT2D eigenvalue weighted by Crippen LogP contribution is -2.10. The number of hydrogen-bond donors (Lipinski definition) is 3. The van der Waals surface area contributed by atoms with Gasteiger partial charge in [0.05, 0.1) is 11.2 Å². The van der Waals surface area contributed by atoms with E-state index < -0.39 is 34.3 Å². The number of halogens is 2. The van der Waals surface area contributed by atoms with Gasteiger partial charge in [-0.1, -0.05) is 0 Å². The highest BCUT2D eigenvalue weighted by molar-refractivity contribution is 5.44. The van der Waals surface area contributed by atoms with Gasteiger partial charge in [0.2, 0.25) is 0 Å². The first-order chi connectivity index (χ1) is 6.46. The van der Waals surface area contributed by atoms with Gasteiger partial charge in [-0.15, -0.1) is 0 Å². The molecule has 2 rings (SSSR count). The lowest BCUT2D eigenvalue weighted by atomic mass is 10.1. The minimum atomic E-state index is -1.57. The van der Waals surface area contributed by atoms with Gasteiger partial charge in [-0.05, 0) is 12.8 Å². The molecule has 3 N–H and O–H groups in total. The van der Waals surface area contributed by atoms with Gasteiger partial charge in [0.15, 0.2) is 23.1 Å². The summed E-state index contributed by atoms with van der Waals surface area (Å²) < 4.78 is 26.4. The van der Waals surface area contributed by atoms with Gasteiger partial charge in [-0.25, -0.2) is 8.78 Å². The van der Waals surface area contributed by atoms with Crippen LogP contribution in [0.5, 0.6) is 11.5 Å². The number of phenolic OH excluding ortho intramolecular Hbond substituents is 2. The van der Waals surface area contributed by atoms with Gasteiger partial charge < -0.3 is 15.3 Å². The molecule has 0 atom stereocenters. The van der Waals surface area contributed by atoms with Crippen molar-refractivity contribution in [2.45, 2.75) is 18.4 Å². The molecule has 0 spiro atoms. The van der Waals surface area contributed by atoms with Crippen LogP contribution in [0.3, 0.4) is 0 Å². The van der Waals surface area contributed by atoms with Crippen molar-refractivity contribution in [3.8, 4) is 11.5 Å². The van der Waals surface area contributed by atoms with E-state index >= 15 is 0 Å². The van der Waals surface area contributed by atoms with Crippen LogP contribution in [0.4, 0.5) is 8.78 Å². The second-order valence-corrected chi connectivity index (χ2v) is 3.45. The zero-order valence-electron chi connectivity index (χ0n) is 7.09. The van der Waals surface area contributed by atoms with E-state index in [0.29, 0.717) is 6.07 Å². The molecule has 1 aromatic rings. The van der Waals surface area contributed by atoms with Crippen molar-refractivity contribution in [1.82, 2.24) is 0 Å². The van der Waals surface area contributed by atoms with Crippen molar-refractivity contribution in [2.24, 2.45) is 0 Å². The molecule has 1 saturated carbocycles. The van der Waals surface area contributed by atoms with Crippen LogP contribution in [-0.2, 0) is 5.60 Å². The number of hydrogen-bond acceptors (Lipinski definition) is 3. The molecule has 1 aliphatic rings. The predicted octanol–water partition coefficient (Wildman–Crippen LogP) is 1.36. The van der Waals surface area contributed by atoms with Crippen LogP contribution in [0.15, 0.2) is 6.07 Å². The summed E-state index contributed by atoms with van der Waals surface area (Å²) in [7, 11) is 0. The quantitative estimate of drug-likeness (QED) is 0.644. The average molecular weight is 202 g/mol. The molecule has 0 heterocycles. The number of aliphatic hydroxyl groups is 1. The highest BCUT2D eigenvalue weighted by Gasteiger charge is 2.47. The first kappa shape index (κ1) is 9.21. The smallest absolute Gasteiger partial charge is 0.174 e. The van der Waals surface area contributed by atoms with Crippen LogP contribution < -0.4 is 0 Å².